The zero-order chi connectivity index (χ0) is 45.5. The molecule has 3 aromatic rings. The van der Waals surface area contributed by atoms with Gasteiger partial charge in [-0.05, 0) is 62.8 Å². The fourth-order valence-corrected chi connectivity index (χ4v) is 7.87. The van der Waals surface area contributed by atoms with Crippen LogP contribution in [0.15, 0.2) is 65.8 Å². The van der Waals surface area contributed by atoms with Crippen molar-refractivity contribution in [3.63, 3.8) is 0 Å². The molecule has 63 heavy (non-hydrogen) atoms. The Labute approximate surface area is 364 Å². The van der Waals surface area contributed by atoms with Crippen LogP contribution in [-0.2, 0) is 46.4 Å². The number of aliphatic hydroxyl groups is 1. The molecule has 2 aromatic carbocycles. The van der Waals surface area contributed by atoms with Crippen molar-refractivity contribution in [2.24, 2.45) is 16.5 Å². The van der Waals surface area contributed by atoms with Gasteiger partial charge in [0.05, 0.1) is 12.1 Å². The van der Waals surface area contributed by atoms with Gasteiger partial charge in [0.1, 0.15) is 30.2 Å². The second-order valence-corrected chi connectivity index (χ2v) is 15.9. The van der Waals surface area contributed by atoms with Crippen molar-refractivity contribution in [1.82, 2.24) is 41.8 Å². The molecule has 0 bridgehead atoms. The number of guanidine groups is 1. The van der Waals surface area contributed by atoms with E-state index in [0.29, 0.717) is 24.0 Å². The number of carboxylic acids is 1. The van der Waals surface area contributed by atoms with Gasteiger partial charge in [-0.3, -0.25) is 33.8 Å². The first-order valence-corrected chi connectivity index (χ1v) is 21.2. The molecule has 0 unspecified atom stereocenters. The quantitative estimate of drug-likeness (QED) is 0.0641. The molecule has 7 atom stereocenters. The van der Waals surface area contributed by atoms with E-state index in [1.54, 1.807) is 43.6 Å². The number of fused-ring (bicyclic) bond motifs is 2. The number of para-hydroxylation sites is 1. The number of amides is 6. The van der Waals surface area contributed by atoms with Gasteiger partial charge in [-0.25, -0.2) is 4.79 Å². The predicted molar refractivity (Wildman–Crippen MR) is 232 cm³/mol. The van der Waals surface area contributed by atoms with Gasteiger partial charge in [0, 0.05) is 62.4 Å². The molecular weight excluding hydrogens is 815 g/mol. The van der Waals surface area contributed by atoms with Crippen LogP contribution in [0.1, 0.15) is 62.5 Å². The Balaban J connectivity index is 1.50. The van der Waals surface area contributed by atoms with Crippen LogP contribution in [-0.4, -0.2) is 137 Å². The van der Waals surface area contributed by atoms with E-state index in [4.69, 9.17) is 11.5 Å². The fraction of sp³-hybridized carbons (Fsp3) is 0.488. The first-order valence-electron chi connectivity index (χ1n) is 21.2. The molecule has 0 spiro atoms. The number of aromatic nitrogens is 1. The van der Waals surface area contributed by atoms with Crippen LogP contribution in [0.4, 0.5) is 0 Å². The molecule has 0 aliphatic carbocycles. The predicted octanol–water partition coefficient (Wildman–Crippen LogP) is -1.34. The van der Waals surface area contributed by atoms with E-state index in [2.05, 4.69) is 41.9 Å². The maximum absolute atomic E-state index is 14.4. The average Bonchev–Trinajstić information content (AvgIpc) is 3.86. The van der Waals surface area contributed by atoms with Crippen molar-refractivity contribution in [2.45, 2.75) is 107 Å². The summed E-state index contributed by atoms with van der Waals surface area (Å²) in [6.07, 6.45) is 1.38. The lowest BCUT2D eigenvalue weighted by Crippen LogP contribution is -2.59. The van der Waals surface area contributed by atoms with Gasteiger partial charge >= 0.3 is 5.97 Å². The van der Waals surface area contributed by atoms with E-state index in [-0.39, 0.29) is 82.9 Å². The molecule has 0 saturated carbocycles. The molecule has 2 aliphatic heterocycles. The molecule has 20 heteroatoms. The van der Waals surface area contributed by atoms with Crippen molar-refractivity contribution in [2.75, 3.05) is 26.7 Å². The largest absolute Gasteiger partial charge is 0.480 e. The zero-order valence-corrected chi connectivity index (χ0v) is 35.3. The molecule has 5 rings (SSSR count). The van der Waals surface area contributed by atoms with Crippen LogP contribution < -0.4 is 43.4 Å². The van der Waals surface area contributed by atoms with Gasteiger partial charge in [-0.1, -0.05) is 48.5 Å². The molecule has 13 N–H and O–H groups in total. The maximum Gasteiger partial charge on any atom is 0.326 e. The van der Waals surface area contributed by atoms with E-state index >= 15 is 0 Å². The number of aromatic amines is 1. The van der Waals surface area contributed by atoms with Crippen LogP contribution in [0.5, 0.6) is 0 Å². The molecule has 20 nitrogen and oxygen atoms in total. The first kappa shape index (κ1) is 47.5. The minimum absolute atomic E-state index is 0.0153. The van der Waals surface area contributed by atoms with Crippen LogP contribution in [0.3, 0.4) is 0 Å². The molecule has 2 saturated heterocycles. The van der Waals surface area contributed by atoms with Gasteiger partial charge in [0.25, 0.3) is 0 Å². The highest BCUT2D eigenvalue weighted by Gasteiger charge is 2.42. The summed E-state index contributed by atoms with van der Waals surface area (Å²) in [7, 11) is 1.54. The number of nitrogens with one attached hydrogen (secondary N) is 7. The van der Waals surface area contributed by atoms with E-state index in [9.17, 15) is 43.8 Å². The summed E-state index contributed by atoms with van der Waals surface area (Å²) in [5.41, 5.74) is 13.2. The highest BCUT2D eigenvalue weighted by atomic mass is 16.4. The van der Waals surface area contributed by atoms with Gasteiger partial charge in [-0.2, -0.15) is 0 Å². The number of benzene rings is 2. The summed E-state index contributed by atoms with van der Waals surface area (Å²) in [6, 6.07) is 8.85. The lowest BCUT2D eigenvalue weighted by Gasteiger charge is -2.30. The van der Waals surface area contributed by atoms with Crippen LogP contribution >= 0.6 is 0 Å². The van der Waals surface area contributed by atoms with Crippen LogP contribution in [0.2, 0.25) is 0 Å². The lowest BCUT2D eigenvalue weighted by molar-refractivity contribution is -0.142. The SMILES string of the molecule is CN[C@H]1CCC(=O)NCCCC[C@@H](C(=O)O)NC(=O)[C@H](Cc2c[nH]c3ccccc23)NC(=O)[C@H](CCCN=C(N)N)NC(=O)[C@@H](Cc2ccccc2)NC(=O)[C@@H]2C[C@@H](O)CN2C1=O. The Morgan fingerprint density at radius 3 is 2.24 bits per heavy atom. The molecule has 2 aliphatic rings. The second kappa shape index (κ2) is 23.1. The van der Waals surface area contributed by atoms with Gasteiger partial charge < -0.3 is 63.5 Å². The molecule has 6 amide bonds. The molecule has 3 heterocycles. The Hall–Kier alpha value is -6.54. The number of carbonyl (C=O) groups is 7. The van der Waals surface area contributed by atoms with Crippen molar-refractivity contribution in [3.05, 3.63) is 71.9 Å². The van der Waals surface area contributed by atoms with Crippen LogP contribution in [0, 0.1) is 0 Å². The number of aliphatic carboxylic acids is 1. The Kier molecular flexibility index (Phi) is 17.4. The van der Waals surface area contributed by atoms with Gasteiger partial charge in [-0.15, -0.1) is 0 Å². The molecule has 340 valence electrons. The number of likely N-dealkylation sites (N-methyl/N-ethyl adjacent to an activating group) is 1. The van der Waals surface area contributed by atoms with Crippen LogP contribution in [0.25, 0.3) is 10.9 Å². The van der Waals surface area contributed by atoms with Crippen molar-refractivity contribution in [1.29, 1.82) is 0 Å². The standard InChI is InChI=1S/C43H59N11O9/c1-46-31-16-17-36(56)47-18-8-7-14-32(42(62)63)51-39(59)34(21-26-23-49-29-13-6-5-12-28(26)29)52-37(57)30(15-9-19-48-43(44)45)50-38(58)33(20-25-10-3-2-4-11-25)53-40(60)35-22-27(55)24-54(35)41(31)61/h2-6,10-13,23,27,30-35,46,49,55H,7-9,14-22,24H2,1H3,(H,47,56)(H,50,58)(H,51,59)(H,52,57)(H,53,60)(H,62,63)(H4,44,45,48)/t27-,30+,31+,32+,33-,34+,35+/m1/s1. The van der Waals surface area contributed by atoms with E-state index in [1.807, 2.05) is 24.3 Å². The molecule has 0 radical (unpaired) electrons. The number of aliphatic imine (C=N–C) groups is 1. The maximum atomic E-state index is 14.4. The minimum Gasteiger partial charge on any atom is -0.480 e. The summed E-state index contributed by atoms with van der Waals surface area (Å²) in [5, 5.41) is 38.1. The number of carbonyl (C=O) groups excluding carboxylic acids is 6. The van der Waals surface area contributed by atoms with Gasteiger partial charge in [0.2, 0.25) is 35.4 Å². The number of aliphatic hydroxyl groups excluding tert-OH is 1. The second-order valence-electron chi connectivity index (χ2n) is 15.9. The van der Waals surface area contributed by atoms with Crippen molar-refractivity contribution >= 4 is 58.3 Å². The summed E-state index contributed by atoms with van der Waals surface area (Å²) >= 11 is 0. The Morgan fingerprint density at radius 1 is 0.841 bits per heavy atom. The lowest BCUT2D eigenvalue weighted by atomic mass is 10.0. The first-order chi connectivity index (χ1) is 30.2. The zero-order valence-electron chi connectivity index (χ0n) is 35.3. The normalized spacial score (nSPS) is 25.1. The summed E-state index contributed by atoms with van der Waals surface area (Å²) in [6.45, 7) is 0.147. The van der Waals surface area contributed by atoms with E-state index < -0.39 is 77.9 Å². The highest BCUT2D eigenvalue weighted by Crippen LogP contribution is 2.22. The molecule has 2 fully saturated rings. The molecular formula is C43H59N11O9. The van der Waals surface area contributed by atoms with Crippen molar-refractivity contribution < 1.29 is 43.8 Å². The number of hydrogen-bond acceptors (Lipinski definition) is 10. The minimum atomic E-state index is -1.34. The third-order valence-corrected chi connectivity index (χ3v) is 11.3. The monoisotopic (exact) mass is 873 g/mol. The number of rotatable bonds is 10. The topological polar surface area (TPSA) is 316 Å². The number of nitrogens with zero attached hydrogens (tertiary/aromatic N) is 2. The average molecular weight is 874 g/mol. The molecule has 1 aromatic heterocycles. The summed E-state index contributed by atoms with van der Waals surface area (Å²) < 4.78 is 0. The Morgan fingerprint density at radius 2 is 1.51 bits per heavy atom. The summed E-state index contributed by atoms with van der Waals surface area (Å²) in [4.78, 5) is 104. The smallest absolute Gasteiger partial charge is 0.326 e. The highest BCUT2D eigenvalue weighted by molar-refractivity contribution is 5.97. The Bertz CT molecular complexity index is 2110. The number of H-pyrrole nitrogens is 1. The van der Waals surface area contributed by atoms with Crippen molar-refractivity contribution in [3.8, 4) is 0 Å². The number of hydrogen-bond donors (Lipinski definition) is 11. The van der Waals surface area contributed by atoms with E-state index in [1.165, 1.54) is 4.90 Å². The number of nitrogens with two attached hydrogens (primary N) is 2. The number of carboxylic acid groups (broad SMARTS) is 1. The fourth-order valence-electron chi connectivity index (χ4n) is 7.87. The summed E-state index contributed by atoms with van der Waals surface area (Å²) in [5.74, 6) is -5.36. The van der Waals surface area contributed by atoms with Gasteiger partial charge in [0.15, 0.2) is 5.96 Å². The van der Waals surface area contributed by atoms with E-state index in [0.717, 1.165) is 10.9 Å². The third-order valence-electron chi connectivity index (χ3n) is 11.3. The third kappa shape index (κ3) is 13.7.